The smallest absolute Gasteiger partial charge is 0.248 e. The number of halogens is 1. The number of anilines is 2. The van der Waals surface area contributed by atoms with Gasteiger partial charge in [-0.05, 0) is 48.0 Å². The maximum absolute atomic E-state index is 13.0. The average Bonchev–Trinajstić information content (AvgIpc) is 2.70. The van der Waals surface area contributed by atoms with Crippen LogP contribution in [0.5, 0.6) is 5.75 Å². The summed E-state index contributed by atoms with van der Waals surface area (Å²) in [6, 6.07) is 15.0. The van der Waals surface area contributed by atoms with Crippen LogP contribution in [0.25, 0.3) is 0 Å². The van der Waals surface area contributed by atoms with Gasteiger partial charge in [-0.3, -0.25) is 4.79 Å². The predicted molar refractivity (Wildman–Crippen MR) is 107 cm³/mol. The fourth-order valence-electron chi connectivity index (χ4n) is 3.03. The Labute approximate surface area is 167 Å². The molecule has 148 valence electrons. The molecule has 0 atom stereocenters. The molecule has 0 unspecified atom stereocenters. The summed E-state index contributed by atoms with van der Waals surface area (Å²) in [7, 11) is 0. The molecule has 1 fully saturated rings. The zero-order valence-corrected chi connectivity index (χ0v) is 15.6. The number of nitrogens with one attached hydrogen (secondary N) is 1. The van der Waals surface area contributed by atoms with Gasteiger partial charge in [0.05, 0.1) is 13.1 Å². The highest BCUT2D eigenvalue weighted by Crippen LogP contribution is 2.23. The molecule has 1 saturated heterocycles. The summed E-state index contributed by atoms with van der Waals surface area (Å²) in [4.78, 5) is 22.1. The van der Waals surface area contributed by atoms with E-state index in [-0.39, 0.29) is 11.9 Å². The first-order chi connectivity index (χ1) is 14.1. The molecule has 1 amide bonds. The van der Waals surface area contributed by atoms with E-state index in [9.17, 15) is 9.18 Å². The van der Waals surface area contributed by atoms with Gasteiger partial charge in [-0.1, -0.05) is 12.1 Å². The van der Waals surface area contributed by atoms with Gasteiger partial charge in [-0.25, -0.2) is 9.37 Å². The quantitative estimate of drug-likeness (QED) is 0.641. The van der Waals surface area contributed by atoms with Gasteiger partial charge in [0.15, 0.2) is 0 Å². The lowest BCUT2D eigenvalue weighted by atomic mass is 10.1. The van der Waals surface area contributed by atoms with E-state index >= 15 is 0 Å². The number of amides is 1. The minimum Gasteiger partial charge on any atom is -0.487 e. The van der Waals surface area contributed by atoms with Crippen LogP contribution in [0.15, 0.2) is 60.8 Å². The second kappa shape index (κ2) is 8.14. The van der Waals surface area contributed by atoms with Gasteiger partial charge < -0.3 is 20.7 Å². The lowest BCUT2D eigenvalue weighted by molar-refractivity contribution is 0.1000. The van der Waals surface area contributed by atoms with Crippen molar-refractivity contribution in [3.05, 3.63) is 77.7 Å². The van der Waals surface area contributed by atoms with Crippen molar-refractivity contribution in [2.75, 3.05) is 23.3 Å². The van der Waals surface area contributed by atoms with Crippen molar-refractivity contribution in [1.82, 2.24) is 9.97 Å². The third-order valence-electron chi connectivity index (χ3n) is 4.59. The van der Waals surface area contributed by atoms with Crippen molar-refractivity contribution < 1.29 is 13.9 Å². The monoisotopic (exact) mass is 393 g/mol. The summed E-state index contributed by atoms with van der Waals surface area (Å²) < 4.78 is 18.8. The Morgan fingerprint density at radius 3 is 2.76 bits per heavy atom. The van der Waals surface area contributed by atoms with Crippen molar-refractivity contribution in [2.24, 2.45) is 5.73 Å². The lowest BCUT2D eigenvalue weighted by Crippen LogP contribution is -2.54. The number of aromatic nitrogens is 2. The maximum atomic E-state index is 13.0. The van der Waals surface area contributed by atoms with Crippen molar-refractivity contribution >= 4 is 17.7 Å². The van der Waals surface area contributed by atoms with Gasteiger partial charge in [0, 0.05) is 18.3 Å². The summed E-state index contributed by atoms with van der Waals surface area (Å²) in [6.07, 6.45) is 1.72. The number of primary amides is 1. The van der Waals surface area contributed by atoms with Crippen LogP contribution in [-0.2, 0) is 6.54 Å². The first-order valence-electron chi connectivity index (χ1n) is 9.20. The molecule has 4 rings (SSSR count). The zero-order chi connectivity index (χ0) is 20.2. The Bertz CT molecular complexity index is 1010. The van der Waals surface area contributed by atoms with Crippen molar-refractivity contribution in [2.45, 2.75) is 12.6 Å². The second-order valence-corrected chi connectivity index (χ2v) is 6.76. The number of carbonyl (C=O) groups is 1. The number of carbonyl (C=O) groups excluding carboxylic acids is 1. The Balaban J connectivity index is 1.32. The van der Waals surface area contributed by atoms with Crippen molar-refractivity contribution in [1.29, 1.82) is 0 Å². The van der Waals surface area contributed by atoms with Crippen LogP contribution in [0.1, 0.15) is 15.9 Å². The van der Waals surface area contributed by atoms with Gasteiger partial charge in [-0.15, -0.1) is 0 Å². The summed E-state index contributed by atoms with van der Waals surface area (Å²) in [6.45, 7) is 1.85. The SMILES string of the molecule is NC(=O)c1cccc(CNc2nccc(N3CC(Oc4ccc(F)cc4)C3)n2)c1. The van der Waals surface area contributed by atoms with E-state index in [1.807, 2.05) is 12.1 Å². The summed E-state index contributed by atoms with van der Waals surface area (Å²) >= 11 is 0. The van der Waals surface area contributed by atoms with E-state index in [4.69, 9.17) is 10.5 Å². The molecule has 7 nitrogen and oxygen atoms in total. The topological polar surface area (TPSA) is 93.4 Å². The van der Waals surface area contributed by atoms with Gasteiger partial charge in [0.2, 0.25) is 11.9 Å². The molecule has 0 bridgehead atoms. The number of ether oxygens (including phenoxy) is 1. The zero-order valence-electron chi connectivity index (χ0n) is 15.6. The fraction of sp³-hybridized carbons (Fsp3) is 0.190. The normalized spacial score (nSPS) is 13.6. The minimum atomic E-state index is -0.458. The highest BCUT2D eigenvalue weighted by molar-refractivity contribution is 5.92. The van der Waals surface area contributed by atoms with Crippen LogP contribution in [-0.4, -0.2) is 35.1 Å². The third kappa shape index (κ3) is 4.60. The molecule has 0 radical (unpaired) electrons. The first-order valence-corrected chi connectivity index (χ1v) is 9.20. The first kappa shape index (κ1) is 18.7. The molecule has 0 spiro atoms. The largest absolute Gasteiger partial charge is 0.487 e. The Morgan fingerprint density at radius 1 is 1.21 bits per heavy atom. The molecule has 29 heavy (non-hydrogen) atoms. The van der Waals surface area contributed by atoms with E-state index in [1.54, 1.807) is 36.5 Å². The number of benzene rings is 2. The Kier molecular flexibility index (Phi) is 5.24. The number of hydrogen-bond donors (Lipinski definition) is 2. The molecular weight excluding hydrogens is 373 g/mol. The maximum Gasteiger partial charge on any atom is 0.248 e. The predicted octanol–water partition coefficient (Wildman–Crippen LogP) is 2.59. The summed E-state index contributed by atoms with van der Waals surface area (Å²) in [5.74, 6) is 1.21. The highest BCUT2D eigenvalue weighted by Gasteiger charge is 2.29. The molecular formula is C21H20FN5O2. The van der Waals surface area contributed by atoms with E-state index in [0.717, 1.165) is 11.4 Å². The van der Waals surface area contributed by atoms with Crippen LogP contribution in [0.2, 0.25) is 0 Å². The van der Waals surface area contributed by atoms with E-state index in [2.05, 4.69) is 20.2 Å². The molecule has 2 heterocycles. The third-order valence-corrected chi connectivity index (χ3v) is 4.59. The number of nitrogens with two attached hydrogens (primary N) is 1. The van der Waals surface area contributed by atoms with Crippen LogP contribution < -0.4 is 20.7 Å². The van der Waals surface area contributed by atoms with Gasteiger partial charge in [0.1, 0.15) is 23.5 Å². The Hall–Kier alpha value is -3.68. The molecule has 8 heteroatoms. The Morgan fingerprint density at radius 2 is 2.00 bits per heavy atom. The van der Waals surface area contributed by atoms with E-state index in [1.165, 1.54) is 12.1 Å². The molecule has 3 N–H and O–H groups in total. The molecule has 1 aromatic heterocycles. The van der Waals surface area contributed by atoms with Gasteiger partial charge >= 0.3 is 0 Å². The van der Waals surface area contributed by atoms with Gasteiger partial charge in [-0.2, -0.15) is 4.98 Å². The highest BCUT2D eigenvalue weighted by atomic mass is 19.1. The average molecular weight is 393 g/mol. The number of nitrogens with zero attached hydrogens (tertiary/aromatic N) is 3. The number of rotatable bonds is 7. The van der Waals surface area contributed by atoms with Crippen LogP contribution >= 0.6 is 0 Å². The van der Waals surface area contributed by atoms with E-state index in [0.29, 0.717) is 36.9 Å². The fourth-order valence-corrected chi connectivity index (χ4v) is 3.03. The lowest BCUT2D eigenvalue weighted by Gasteiger charge is -2.39. The minimum absolute atomic E-state index is 0.0309. The molecule has 3 aromatic rings. The molecule has 0 saturated carbocycles. The summed E-state index contributed by atoms with van der Waals surface area (Å²) in [5, 5.41) is 3.16. The van der Waals surface area contributed by atoms with Crippen molar-refractivity contribution in [3.63, 3.8) is 0 Å². The van der Waals surface area contributed by atoms with Crippen LogP contribution in [0, 0.1) is 5.82 Å². The standard InChI is InChI=1S/C21H20FN5O2/c22-16-4-6-17(7-5-16)29-18-12-27(13-18)19-8-9-24-21(26-19)25-11-14-2-1-3-15(10-14)20(23)28/h1-10,18H,11-13H2,(H2,23,28)(H,24,25,26). The van der Waals surface area contributed by atoms with E-state index < -0.39 is 5.91 Å². The van der Waals surface area contributed by atoms with Crippen LogP contribution in [0.4, 0.5) is 16.2 Å². The second-order valence-electron chi connectivity index (χ2n) is 6.76. The van der Waals surface area contributed by atoms with Crippen LogP contribution in [0.3, 0.4) is 0 Å². The molecule has 1 aliphatic heterocycles. The molecule has 1 aliphatic rings. The molecule has 0 aliphatic carbocycles. The molecule has 2 aromatic carbocycles. The summed E-state index contributed by atoms with van der Waals surface area (Å²) in [5.41, 5.74) is 6.69. The van der Waals surface area contributed by atoms with Crippen molar-refractivity contribution in [3.8, 4) is 5.75 Å². The van der Waals surface area contributed by atoms with Gasteiger partial charge in [0.25, 0.3) is 0 Å². The number of hydrogen-bond acceptors (Lipinski definition) is 6.